The highest BCUT2D eigenvalue weighted by Crippen LogP contribution is 2.63. The number of benzene rings is 1. The topological polar surface area (TPSA) is 0 Å². The third kappa shape index (κ3) is 0.355. The lowest BCUT2D eigenvalue weighted by atomic mass is 9.82. The smallest absolute Gasteiger partial charge is 0.00984 e. The molecule has 1 fully saturated rings. The minimum atomic E-state index is 0.877. The minimum Gasteiger partial charge on any atom is -0.0616 e. The molecule has 4 rings (SSSR count). The Morgan fingerprint density at radius 3 is 3.18 bits per heavy atom. The van der Waals surface area contributed by atoms with Gasteiger partial charge in [-0.05, 0) is 35.1 Å². The van der Waals surface area contributed by atoms with E-state index in [0.29, 0.717) is 0 Å². The van der Waals surface area contributed by atoms with E-state index < -0.39 is 0 Å². The monoisotopic (exact) mass is 140 g/mol. The Balaban J connectivity index is 2.23. The zero-order chi connectivity index (χ0) is 7.00. The Hall–Kier alpha value is -1.04. The van der Waals surface area contributed by atoms with Crippen molar-refractivity contribution in [3.63, 3.8) is 0 Å². The molecule has 0 spiro atoms. The van der Waals surface area contributed by atoms with Crippen molar-refractivity contribution in [2.75, 3.05) is 0 Å². The molecule has 3 aliphatic carbocycles. The summed E-state index contributed by atoms with van der Waals surface area (Å²) in [7, 11) is 0. The second kappa shape index (κ2) is 1.18. The first-order valence-electron chi connectivity index (χ1n) is 4.29. The maximum absolute atomic E-state index is 2.31. The normalized spacial score (nSPS) is 27.8. The second-order valence-corrected chi connectivity index (χ2v) is 3.82. The number of fused-ring (bicyclic) bond motifs is 2. The van der Waals surface area contributed by atoms with Crippen LogP contribution in [0.3, 0.4) is 0 Å². The highest BCUT2D eigenvalue weighted by atomic mass is 14.5. The maximum atomic E-state index is 2.31. The fourth-order valence-corrected chi connectivity index (χ4v) is 2.66. The average Bonchev–Trinajstić information content (AvgIpc) is 2.67. The van der Waals surface area contributed by atoms with Gasteiger partial charge in [0.25, 0.3) is 0 Å². The van der Waals surface area contributed by atoms with Gasteiger partial charge in [0.05, 0.1) is 0 Å². The van der Waals surface area contributed by atoms with E-state index >= 15 is 0 Å². The van der Waals surface area contributed by atoms with E-state index in [1.807, 2.05) is 0 Å². The molecule has 0 saturated heterocycles. The fraction of sp³-hybridized carbons (Fsp3) is 0.273. The summed E-state index contributed by atoms with van der Waals surface area (Å²) < 4.78 is 0. The summed E-state index contributed by atoms with van der Waals surface area (Å²) >= 11 is 0. The van der Waals surface area contributed by atoms with Crippen LogP contribution in [0.5, 0.6) is 0 Å². The lowest BCUT2D eigenvalue weighted by molar-refractivity contribution is 1.09. The largest absolute Gasteiger partial charge is 0.0616 e. The van der Waals surface area contributed by atoms with E-state index in [0.717, 1.165) is 5.92 Å². The molecule has 1 unspecified atom stereocenters. The van der Waals surface area contributed by atoms with E-state index in [1.54, 1.807) is 27.8 Å². The van der Waals surface area contributed by atoms with Crippen molar-refractivity contribution in [3.05, 3.63) is 40.5 Å². The summed E-state index contributed by atoms with van der Waals surface area (Å²) in [5, 5.41) is 0. The standard InChI is InChI=1S/C11H8/c1-2-6-4-10-9-5-8(9)7(3-1)11(6)10/h1-3,8H,4-5H2. The van der Waals surface area contributed by atoms with Crippen molar-refractivity contribution in [3.8, 4) is 0 Å². The summed E-state index contributed by atoms with van der Waals surface area (Å²) in [6.07, 6.45) is 2.65. The molecule has 1 aromatic rings. The molecule has 0 bridgehead atoms. The van der Waals surface area contributed by atoms with Crippen molar-refractivity contribution in [2.24, 2.45) is 0 Å². The fourth-order valence-electron chi connectivity index (χ4n) is 2.66. The maximum Gasteiger partial charge on any atom is 0.00984 e. The molecule has 0 nitrogen and oxygen atoms in total. The van der Waals surface area contributed by atoms with Gasteiger partial charge in [-0.1, -0.05) is 23.8 Å². The lowest BCUT2D eigenvalue weighted by Crippen LogP contribution is -2.07. The van der Waals surface area contributed by atoms with Crippen LogP contribution in [-0.2, 0) is 6.42 Å². The number of allylic oxidation sites excluding steroid dienone is 2. The predicted molar refractivity (Wildman–Crippen MR) is 44.4 cm³/mol. The average molecular weight is 140 g/mol. The van der Waals surface area contributed by atoms with Crippen molar-refractivity contribution < 1.29 is 0 Å². The Morgan fingerprint density at radius 2 is 2.27 bits per heavy atom. The Morgan fingerprint density at radius 1 is 1.27 bits per heavy atom. The van der Waals surface area contributed by atoms with Gasteiger partial charge >= 0.3 is 0 Å². The zero-order valence-corrected chi connectivity index (χ0v) is 6.22. The zero-order valence-electron chi connectivity index (χ0n) is 6.22. The van der Waals surface area contributed by atoms with Crippen LogP contribution >= 0.6 is 0 Å². The van der Waals surface area contributed by atoms with E-state index in [4.69, 9.17) is 0 Å². The van der Waals surface area contributed by atoms with Gasteiger partial charge in [-0.15, -0.1) is 0 Å². The van der Waals surface area contributed by atoms with Crippen LogP contribution in [0.2, 0.25) is 0 Å². The van der Waals surface area contributed by atoms with Gasteiger partial charge in [0.15, 0.2) is 0 Å². The first kappa shape index (κ1) is 4.76. The minimum absolute atomic E-state index is 0.877. The second-order valence-electron chi connectivity index (χ2n) is 3.82. The summed E-state index contributed by atoms with van der Waals surface area (Å²) in [6.45, 7) is 0. The van der Waals surface area contributed by atoms with Gasteiger partial charge in [-0.3, -0.25) is 0 Å². The summed E-state index contributed by atoms with van der Waals surface area (Å²) in [5.74, 6) is 0.877. The van der Waals surface area contributed by atoms with Crippen LogP contribution < -0.4 is 0 Å². The number of hydrogen-bond donors (Lipinski definition) is 0. The van der Waals surface area contributed by atoms with E-state index in [1.165, 1.54) is 12.8 Å². The van der Waals surface area contributed by atoms with Crippen molar-refractivity contribution in [1.29, 1.82) is 0 Å². The SMILES string of the molecule is c1cc2c3c(c1)C1CC1=C3C2. The first-order chi connectivity index (χ1) is 5.45. The van der Waals surface area contributed by atoms with Crippen molar-refractivity contribution in [2.45, 2.75) is 18.8 Å². The summed E-state index contributed by atoms with van der Waals surface area (Å²) in [4.78, 5) is 0. The molecule has 0 aliphatic heterocycles. The molecular weight excluding hydrogens is 132 g/mol. The van der Waals surface area contributed by atoms with E-state index in [9.17, 15) is 0 Å². The number of rotatable bonds is 0. The van der Waals surface area contributed by atoms with Crippen LogP contribution in [0.4, 0.5) is 0 Å². The van der Waals surface area contributed by atoms with Gasteiger partial charge in [-0.2, -0.15) is 0 Å². The quantitative estimate of drug-likeness (QED) is 0.519. The van der Waals surface area contributed by atoms with Crippen molar-refractivity contribution in [1.82, 2.24) is 0 Å². The van der Waals surface area contributed by atoms with Crippen LogP contribution in [0.1, 0.15) is 29.0 Å². The highest BCUT2D eigenvalue weighted by molar-refractivity contribution is 5.92. The molecule has 1 saturated carbocycles. The molecule has 3 aliphatic rings. The molecule has 0 heteroatoms. The van der Waals surface area contributed by atoms with Crippen LogP contribution in [0, 0.1) is 0 Å². The highest BCUT2D eigenvalue weighted by Gasteiger charge is 2.46. The lowest BCUT2D eigenvalue weighted by Gasteiger charge is -2.22. The molecule has 0 heterocycles. The summed E-state index contributed by atoms with van der Waals surface area (Å²) in [6, 6.07) is 6.79. The number of hydrogen-bond acceptors (Lipinski definition) is 0. The Labute approximate surface area is 65.5 Å². The van der Waals surface area contributed by atoms with Gasteiger partial charge in [0, 0.05) is 5.92 Å². The molecule has 11 heavy (non-hydrogen) atoms. The summed E-state index contributed by atoms with van der Waals surface area (Å²) in [5.41, 5.74) is 8.34. The van der Waals surface area contributed by atoms with Crippen LogP contribution in [-0.4, -0.2) is 0 Å². The Kier molecular flexibility index (Phi) is 0.509. The molecule has 0 N–H and O–H groups in total. The van der Waals surface area contributed by atoms with Gasteiger partial charge in [-0.25, -0.2) is 0 Å². The third-order valence-electron chi connectivity index (χ3n) is 3.30. The van der Waals surface area contributed by atoms with Gasteiger partial charge in [0.2, 0.25) is 0 Å². The molecule has 0 radical (unpaired) electrons. The Bertz CT molecular complexity index is 410. The molecule has 1 aromatic carbocycles. The van der Waals surface area contributed by atoms with Gasteiger partial charge < -0.3 is 0 Å². The van der Waals surface area contributed by atoms with E-state index in [-0.39, 0.29) is 0 Å². The van der Waals surface area contributed by atoms with Gasteiger partial charge in [0.1, 0.15) is 0 Å². The van der Waals surface area contributed by atoms with E-state index in [2.05, 4.69) is 18.2 Å². The predicted octanol–water partition coefficient (Wildman–Crippen LogP) is 2.50. The third-order valence-corrected chi connectivity index (χ3v) is 3.30. The molecule has 0 aromatic heterocycles. The van der Waals surface area contributed by atoms with Crippen molar-refractivity contribution >= 4 is 5.57 Å². The van der Waals surface area contributed by atoms with Crippen LogP contribution in [0.15, 0.2) is 23.8 Å². The molecule has 52 valence electrons. The molecule has 0 amide bonds. The molecular formula is C11H8. The van der Waals surface area contributed by atoms with Crippen LogP contribution in [0.25, 0.3) is 5.57 Å². The molecule has 1 atom stereocenters. The first-order valence-corrected chi connectivity index (χ1v) is 4.29.